The number of nitrogens with zero attached hydrogens (tertiary/aromatic N) is 2. The molecule has 0 N–H and O–H groups in total. The summed E-state index contributed by atoms with van der Waals surface area (Å²) in [7, 11) is 0. The Morgan fingerprint density at radius 1 is 1.38 bits per heavy atom. The van der Waals surface area contributed by atoms with Gasteiger partial charge >= 0.3 is 5.97 Å². The van der Waals surface area contributed by atoms with Gasteiger partial charge in [-0.3, -0.25) is 9.59 Å². The molecular formula is C14H16Cl2N2O3. The normalized spacial score (nSPS) is 18.4. The first-order valence-electron chi connectivity index (χ1n) is 6.80. The third-order valence-corrected chi connectivity index (χ3v) is 3.73. The summed E-state index contributed by atoms with van der Waals surface area (Å²) in [5.41, 5.74) is 0.379. The maximum atomic E-state index is 12.5. The SMILES string of the molecule is CCOC(=O)C1CCCN(C(=O)c2cc(Cl)nc(Cl)c2)C1. The molecule has 2 heterocycles. The largest absolute Gasteiger partial charge is 0.466 e. The van der Waals surface area contributed by atoms with Gasteiger partial charge in [-0.25, -0.2) is 4.98 Å². The maximum absolute atomic E-state index is 12.5. The molecule has 0 spiro atoms. The van der Waals surface area contributed by atoms with E-state index in [1.165, 1.54) is 12.1 Å². The Bertz CT molecular complexity index is 531. The molecule has 0 radical (unpaired) electrons. The third kappa shape index (κ3) is 4.08. The van der Waals surface area contributed by atoms with Crippen molar-refractivity contribution in [2.75, 3.05) is 19.7 Å². The minimum Gasteiger partial charge on any atom is -0.466 e. The highest BCUT2D eigenvalue weighted by molar-refractivity contribution is 6.33. The van der Waals surface area contributed by atoms with Gasteiger partial charge in [-0.1, -0.05) is 23.2 Å². The number of hydrogen-bond acceptors (Lipinski definition) is 4. The highest BCUT2D eigenvalue weighted by atomic mass is 35.5. The van der Waals surface area contributed by atoms with Crippen LogP contribution in [0.1, 0.15) is 30.1 Å². The fourth-order valence-corrected chi connectivity index (χ4v) is 2.85. The van der Waals surface area contributed by atoms with Crippen molar-refractivity contribution in [3.8, 4) is 0 Å². The Hall–Kier alpha value is -1.33. The number of ether oxygens (including phenoxy) is 1. The second kappa shape index (κ2) is 7.09. The first-order valence-corrected chi connectivity index (χ1v) is 7.56. The molecule has 1 aliphatic rings. The number of carbonyl (C=O) groups excluding carboxylic acids is 2. The molecular weight excluding hydrogens is 315 g/mol. The van der Waals surface area contributed by atoms with Crippen LogP contribution < -0.4 is 0 Å². The Morgan fingerprint density at radius 2 is 2.05 bits per heavy atom. The lowest BCUT2D eigenvalue weighted by Crippen LogP contribution is -2.42. The van der Waals surface area contributed by atoms with Crippen LogP contribution in [0.2, 0.25) is 10.3 Å². The molecule has 1 saturated heterocycles. The van der Waals surface area contributed by atoms with Gasteiger partial charge in [-0.2, -0.15) is 0 Å². The van der Waals surface area contributed by atoms with E-state index in [4.69, 9.17) is 27.9 Å². The second-order valence-corrected chi connectivity index (χ2v) is 5.62. The summed E-state index contributed by atoms with van der Waals surface area (Å²) in [6.07, 6.45) is 1.50. The smallest absolute Gasteiger partial charge is 0.310 e. The van der Waals surface area contributed by atoms with Crippen molar-refractivity contribution >= 4 is 35.1 Å². The first kappa shape index (κ1) is 16.0. The highest BCUT2D eigenvalue weighted by Gasteiger charge is 2.30. The van der Waals surface area contributed by atoms with E-state index >= 15 is 0 Å². The summed E-state index contributed by atoms with van der Waals surface area (Å²) in [4.78, 5) is 29.7. The van der Waals surface area contributed by atoms with Crippen LogP contribution in [-0.4, -0.2) is 41.5 Å². The number of esters is 1. The summed E-state index contributed by atoms with van der Waals surface area (Å²) >= 11 is 11.6. The number of piperidine rings is 1. The number of likely N-dealkylation sites (tertiary alicyclic amines) is 1. The molecule has 5 nitrogen and oxygen atoms in total. The standard InChI is InChI=1S/C14H16Cl2N2O3/c1-2-21-14(20)9-4-3-5-18(8-9)13(19)10-6-11(15)17-12(16)7-10/h6-7,9H,2-5,8H2,1H3. The molecule has 1 unspecified atom stereocenters. The van der Waals surface area contributed by atoms with E-state index in [0.29, 0.717) is 25.3 Å². The van der Waals surface area contributed by atoms with Crippen LogP contribution in [0, 0.1) is 5.92 Å². The quantitative estimate of drug-likeness (QED) is 0.631. The fraction of sp³-hybridized carbons (Fsp3) is 0.500. The molecule has 0 saturated carbocycles. The van der Waals surface area contributed by atoms with Gasteiger partial charge in [0.25, 0.3) is 5.91 Å². The molecule has 2 rings (SSSR count). The second-order valence-electron chi connectivity index (χ2n) is 4.84. The molecule has 0 bridgehead atoms. The topological polar surface area (TPSA) is 59.5 Å². The molecule has 114 valence electrons. The Morgan fingerprint density at radius 3 is 2.67 bits per heavy atom. The zero-order valence-corrected chi connectivity index (χ0v) is 13.2. The Balaban J connectivity index is 2.10. The lowest BCUT2D eigenvalue weighted by molar-refractivity contribution is -0.149. The zero-order chi connectivity index (χ0) is 15.4. The van der Waals surface area contributed by atoms with Crippen LogP contribution >= 0.6 is 23.2 Å². The summed E-state index contributed by atoms with van der Waals surface area (Å²) in [5, 5.41) is 0.342. The van der Waals surface area contributed by atoms with E-state index in [9.17, 15) is 9.59 Å². The molecule has 7 heteroatoms. The highest BCUT2D eigenvalue weighted by Crippen LogP contribution is 2.22. The number of pyridine rings is 1. The summed E-state index contributed by atoms with van der Waals surface area (Å²) < 4.78 is 5.02. The van der Waals surface area contributed by atoms with Gasteiger partial charge in [0.05, 0.1) is 12.5 Å². The van der Waals surface area contributed by atoms with Crippen molar-refractivity contribution in [3.63, 3.8) is 0 Å². The van der Waals surface area contributed by atoms with E-state index < -0.39 is 0 Å². The predicted molar refractivity (Wildman–Crippen MR) is 79.5 cm³/mol. The predicted octanol–water partition coefficient (Wildman–Crippen LogP) is 2.80. The average molecular weight is 331 g/mol. The van der Waals surface area contributed by atoms with Crippen molar-refractivity contribution in [2.45, 2.75) is 19.8 Å². The van der Waals surface area contributed by atoms with Gasteiger partial charge < -0.3 is 9.64 Å². The maximum Gasteiger partial charge on any atom is 0.310 e. The van der Waals surface area contributed by atoms with Crippen molar-refractivity contribution in [2.24, 2.45) is 5.92 Å². The van der Waals surface area contributed by atoms with Gasteiger partial charge in [-0.05, 0) is 31.9 Å². The van der Waals surface area contributed by atoms with Crippen LogP contribution in [0.25, 0.3) is 0 Å². The molecule has 0 aromatic carbocycles. The number of rotatable bonds is 3. The summed E-state index contributed by atoms with van der Waals surface area (Å²) in [6.45, 7) is 3.07. The van der Waals surface area contributed by atoms with E-state index in [1.54, 1.807) is 11.8 Å². The van der Waals surface area contributed by atoms with E-state index in [2.05, 4.69) is 4.98 Å². The Labute approximate surface area is 133 Å². The number of halogens is 2. The first-order chi connectivity index (χ1) is 10.0. The van der Waals surface area contributed by atoms with Crippen LogP contribution in [-0.2, 0) is 9.53 Å². The van der Waals surface area contributed by atoms with Gasteiger partial charge in [0, 0.05) is 18.7 Å². The summed E-state index contributed by atoms with van der Waals surface area (Å²) in [6, 6.07) is 2.95. The molecule has 1 aliphatic heterocycles. The number of aromatic nitrogens is 1. The van der Waals surface area contributed by atoms with Gasteiger partial charge in [-0.15, -0.1) is 0 Å². The molecule has 1 fully saturated rings. The zero-order valence-electron chi connectivity index (χ0n) is 11.6. The molecule has 21 heavy (non-hydrogen) atoms. The number of amides is 1. The monoisotopic (exact) mass is 330 g/mol. The van der Waals surface area contributed by atoms with Crippen LogP contribution in [0.15, 0.2) is 12.1 Å². The van der Waals surface area contributed by atoms with Crippen molar-refractivity contribution < 1.29 is 14.3 Å². The minimum absolute atomic E-state index is 0.171. The van der Waals surface area contributed by atoms with Gasteiger partial charge in [0.2, 0.25) is 0 Å². The van der Waals surface area contributed by atoms with Crippen molar-refractivity contribution in [1.82, 2.24) is 9.88 Å². The summed E-state index contributed by atoms with van der Waals surface area (Å²) in [5.74, 6) is -0.716. The molecule has 0 aliphatic carbocycles. The molecule has 1 atom stereocenters. The van der Waals surface area contributed by atoms with Crippen molar-refractivity contribution in [1.29, 1.82) is 0 Å². The van der Waals surface area contributed by atoms with Gasteiger partial charge in [0.15, 0.2) is 0 Å². The van der Waals surface area contributed by atoms with E-state index in [0.717, 1.165) is 12.8 Å². The lowest BCUT2D eigenvalue weighted by atomic mass is 9.97. The number of hydrogen-bond donors (Lipinski definition) is 0. The molecule has 1 aromatic rings. The average Bonchev–Trinajstić information content (AvgIpc) is 2.46. The van der Waals surface area contributed by atoms with E-state index in [1.807, 2.05) is 0 Å². The lowest BCUT2D eigenvalue weighted by Gasteiger charge is -2.31. The van der Waals surface area contributed by atoms with Crippen LogP contribution in [0.4, 0.5) is 0 Å². The molecule has 1 amide bonds. The Kier molecular flexibility index (Phi) is 5.42. The van der Waals surface area contributed by atoms with Gasteiger partial charge in [0.1, 0.15) is 10.3 Å². The minimum atomic E-state index is -0.268. The van der Waals surface area contributed by atoms with Crippen LogP contribution in [0.3, 0.4) is 0 Å². The van der Waals surface area contributed by atoms with E-state index in [-0.39, 0.29) is 28.1 Å². The van der Waals surface area contributed by atoms with Crippen molar-refractivity contribution in [3.05, 3.63) is 28.0 Å². The third-order valence-electron chi connectivity index (χ3n) is 3.34. The fourth-order valence-electron chi connectivity index (χ4n) is 2.39. The van der Waals surface area contributed by atoms with Crippen LogP contribution in [0.5, 0.6) is 0 Å². The molecule has 1 aromatic heterocycles. The number of carbonyl (C=O) groups is 2.